The fourth-order valence-corrected chi connectivity index (χ4v) is 2.10. The molecule has 0 unspecified atom stereocenters. The molecule has 0 bridgehead atoms. The lowest BCUT2D eigenvalue weighted by atomic mass is 10.2. The van der Waals surface area contributed by atoms with Crippen LogP contribution in [0.5, 0.6) is 5.75 Å². The van der Waals surface area contributed by atoms with Crippen molar-refractivity contribution in [3.05, 3.63) is 54.6 Å². The number of para-hydroxylation sites is 1. The van der Waals surface area contributed by atoms with Gasteiger partial charge in [0.25, 0.3) is 5.91 Å². The highest BCUT2D eigenvalue weighted by Gasteiger charge is 2.12. The van der Waals surface area contributed by atoms with Gasteiger partial charge >= 0.3 is 5.97 Å². The SMILES string of the molecule is CN(CCC#N)C(=O)COC(=O)COc1ccc(Nc2ccccc2)cc1. The number of nitriles is 1. The average Bonchev–Trinajstić information content (AvgIpc) is 2.70. The first-order valence-electron chi connectivity index (χ1n) is 8.40. The molecule has 2 aromatic rings. The maximum Gasteiger partial charge on any atom is 0.344 e. The highest BCUT2D eigenvalue weighted by molar-refractivity contribution is 5.80. The molecule has 2 aromatic carbocycles. The highest BCUT2D eigenvalue weighted by atomic mass is 16.6. The van der Waals surface area contributed by atoms with Gasteiger partial charge in [0.1, 0.15) is 5.75 Å². The summed E-state index contributed by atoms with van der Waals surface area (Å²) < 4.78 is 10.2. The lowest BCUT2D eigenvalue weighted by Crippen LogP contribution is -2.32. The molecule has 27 heavy (non-hydrogen) atoms. The molecule has 0 aliphatic carbocycles. The Morgan fingerprint density at radius 2 is 1.70 bits per heavy atom. The van der Waals surface area contributed by atoms with Gasteiger partial charge in [-0.1, -0.05) is 18.2 Å². The number of amides is 1. The first kappa shape index (κ1) is 19.8. The number of ether oxygens (including phenoxy) is 2. The van der Waals surface area contributed by atoms with Crippen molar-refractivity contribution in [2.75, 3.05) is 32.1 Å². The molecule has 2 rings (SSSR count). The molecule has 0 saturated heterocycles. The zero-order valence-corrected chi connectivity index (χ0v) is 15.1. The summed E-state index contributed by atoms with van der Waals surface area (Å²) in [5, 5.41) is 11.7. The van der Waals surface area contributed by atoms with Crippen molar-refractivity contribution in [3.8, 4) is 11.8 Å². The van der Waals surface area contributed by atoms with Gasteiger partial charge in [0.05, 0.1) is 12.5 Å². The van der Waals surface area contributed by atoms with Crippen LogP contribution in [-0.2, 0) is 14.3 Å². The van der Waals surface area contributed by atoms with Crippen LogP contribution in [0.15, 0.2) is 54.6 Å². The van der Waals surface area contributed by atoms with E-state index in [-0.39, 0.29) is 25.5 Å². The van der Waals surface area contributed by atoms with Crippen LogP contribution in [0.1, 0.15) is 6.42 Å². The molecule has 0 aromatic heterocycles. The highest BCUT2D eigenvalue weighted by Crippen LogP contribution is 2.19. The van der Waals surface area contributed by atoms with E-state index in [1.165, 1.54) is 4.90 Å². The van der Waals surface area contributed by atoms with E-state index in [0.717, 1.165) is 11.4 Å². The largest absolute Gasteiger partial charge is 0.482 e. The summed E-state index contributed by atoms with van der Waals surface area (Å²) in [6, 6.07) is 18.8. The van der Waals surface area contributed by atoms with E-state index < -0.39 is 5.97 Å². The van der Waals surface area contributed by atoms with Gasteiger partial charge in [0.2, 0.25) is 0 Å². The molecular formula is C20H21N3O4. The summed E-state index contributed by atoms with van der Waals surface area (Å²) in [6.07, 6.45) is 0.231. The Hall–Kier alpha value is -3.53. The van der Waals surface area contributed by atoms with Gasteiger partial charge in [-0.2, -0.15) is 5.26 Å². The van der Waals surface area contributed by atoms with Crippen LogP contribution < -0.4 is 10.1 Å². The van der Waals surface area contributed by atoms with Crippen molar-refractivity contribution < 1.29 is 19.1 Å². The van der Waals surface area contributed by atoms with Gasteiger partial charge in [-0.05, 0) is 36.4 Å². The van der Waals surface area contributed by atoms with Crippen molar-refractivity contribution in [1.82, 2.24) is 4.90 Å². The summed E-state index contributed by atoms with van der Waals surface area (Å²) in [5.74, 6) is -0.485. The minimum atomic E-state index is -0.636. The minimum Gasteiger partial charge on any atom is -0.482 e. The summed E-state index contributed by atoms with van der Waals surface area (Å²) in [5.41, 5.74) is 1.86. The Labute approximate surface area is 158 Å². The normalized spacial score (nSPS) is 9.78. The van der Waals surface area contributed by atoms with Crippen LogP contribution >= 0.6 is 0 Å². The third-order valence-corrected chi connectivity index (χ3v) is 3.61. The Kier molecular flexibility index (Phi) is 7.67. The topological polar surface area (TPSA) is 91.7 Å². The predicted molar refractivity (Wildman–Crippen MR) is 100 cm³/mol. The van der Waals surface area contributed by atoms with Crippen molar-refractivity contribution >= 4 is 23.3 Å². The number of rotatable bonds is 9. The molecule has 1 N–H and O–H groups in total. The van der Waals surface area contributed by atoms with E-state index in [9.17, 15) is 9.59 Å². The van der Waals surface area contributed by atoms with E-state index in [2.05, 4.69) is 5.32 Å². The second-order valence-electron chi connectivity index (χ2n) is 5.69. The van der Waals surface area contributed by atoms with Crippen molar-refractivity contribution in [2.45, 2.75) is 6.42 Å². The van der Waals surface area contributed by atoms with Gasteiger partial charge in [-0.15, -0.1) is 0 Å². The number of esters is 1. The molecule has 0 heterocycles. The van der Waals surface area contributed by atoms with Crippen LogP contribution in [0, 0.1) is 11.3 Å². The Morgan fingerprint density at radius 1 is 1.04 bits per heavy atom. The van der Waals surface area contributed by atoms with Crippen molar-refractivity contribution in [1.29, 1.82) is 5.26 Å². The number of carbonyl (C=O) groups excluding carboxylic acids is 2. The number of carbonyl (C=O) groups is 2. The van der Waals surface area contributed by atoms with Gasteiger partial charge in [-0.25, -0.2) is 4.79 Å². The first-order valence-corrected chi connectivity index (χ1v) is 8.40. The number of nitrogens with zero attached hydrogens (tertiary/aromatic N) is 2. The second kappa shape index (κ2) is 10.5. The molecule has 7 nitrogen and oxygen atoms in total. The summed E-state index contributed by atoms with van der Waals surface area (Å²) in [4.78, 5) is 24.7. The third-order valence-electron chi connectivity index (χ3n) is 3.61. The van der Waals surface area contributed by atoms with Crippen LogP contribution in [0.2, 0.25) is 0 Å². The first-order chi connectivity index (χ1) is 13.1. The summed E-state index contributed by atoms with van der Waals surface area (Å²) >= 11 is 0. The molecule has 0 aliphatic rings. The predicted octanol–water partition coefficient (Wildman–Crippen LogP) is 2.72. The molecule has 140 valence electrons. The second-order valence-corrected chi connectivity index (χ2v) is 5.69. The van der Waals surface area contributed by atoms with Gasteiger partial charge in [-0.3, -0.25) is 4.79 Å². The van der Waals surface area contributed by atoms with E-state index in [0.29, 0.717) is 12.3 Å². The molecule has 1 amide bonds. The molecule has 0 radical (unpaired) electrons. The van der Waals surface area contributed by atoms with Crippen LogP contribution in [-0.4, -0.2) is 43.6 Å². The molecule has 0 saturated carbocycles. The zero-order valence-electron chi connectivity index (χ0n) is 15.1. The Morgan fingerprint density at radius 3 is 2.37 bits per heavy atom. The smallest absolute Gasteiger partial charge is 0.344 e. The van der Waals surface area contributed by atoms with E-state index in [1.807, 2.05) is 48.5 Å². The molecule has 0 atom stereocenters. The molecule has 0 spiro atoms. The summed E-state index contributed by atoms with van der Waals surface area (Å²) in [7, 11) is 1.55. The maximum absolute atomic E-state index is 11.7. The number of nitrogens with one attached hydrogen (secondary N) is 1. The lowest BCUT2D eigenvalue weighted by Gasteiger charge is -2.15. The van der Waals surface area contributed by atoms with Gasteiger partial charge < -0.3 is 19.7 Å². The monoisotopic (exact) mass is 367 g/mol. The standard InChI is InChI=1S/C20H21N3O4/c1-23(13-5-12-21)19(24)14-27-20(25)15-26-18-10-8-17(9-11-18)22-16-6-3-2-4-7-16/h2-4,6-11,22H,5,13-15H2,1H3. The zero-order chi connectivity index (χ0) is 19.5. The van der Waals surface area contributed by atoms with Gasteiger partial charge in [0, 0.05) is 25.0 Å². The van der Waals surface area contributed by atoms with E-state index >= 15 is 0 Å². The fraction of sp³-hybridized carbons (Fsp3) is 0.250. The maximum atomic E-state index is 11.7. The Bertz CT molecular complexity index is 785. The minimum absolute atomic E-state index is 0.231. The number of anilines is 2. The van der Waals surface area contributed by atoms with Crippen molar-refractivity contribution in [2.24, 2.45) is 0 Å². The van der Waals surface area contributed by atoms with E-state index in [4.69, 9.17) is 14.7 Å². The lowest BCUT2D eigenvalue weighted by molar-refractivity contribution is -0.153. The van der Waals surface area contributed by atoms with E-state index in [1.54, 1.807) is 19.2 Å². The summed E-state index contributed by atoms with van der Waals surface area (Å²) in [6.45, 7) is -0.364. The molecule has 0 fully saturated rings. The van der Waals surface area contributed by atoms with Gasteiger partial charge in [0.15, 0.2) is 13.2 Å². The van der Waals surface area contributed by atoms with Crippen molar-refractivity contribution in [3.63, 3.8) is 0 Å². The molecule has 0 aliphatic heterocycles. The van der Waals surface area contributed by atoms with Crippen LogP contribution in [0.3, 0.4) is 0 Å². The molecular weight excluding hydrogens is 346 g/mol. The molecule has 7 heteroatoms. The fourth-order valence-electron chi connectivity index (χ4n) is 2.10. The number of hydrogen-bond acceptors (Lipinski definition) is 6. The quantitative estimate of drug-likeness (QED) is 0.685. The third kappa shape index (κ3) is 7.08. The number of likely N-dealkylation sites (N-methyl/N-ethyl adjacent to an activating group) is 1. The number of benzene rings is 2. The number of hydrogen-bond donors (Lipinski definition) is 1. The Balaban J connectivity index is 1.72. The van der Waals surface area contributed by atoms with Crippen LogP contribution in [0.25, 0.3) is 0 Å². The average molecular weight is 367 g/mol. The van der Waals surface area contributed by atoms with Crippen LogP contribution in [0.4, 0.5) is 11.4 Å².